The van der Waals surface area contributed by atoms with E-state index in [9.17, 15) is 9.59 Å². The third kappa shape index (κ3) is 4.36. The van der Waals surface area contributed by atoms with E-state index < -0.39 is 0 Å². The van der Waals surface area contributed by atoms with Gasteiger partial charge in [0, 0.05) is 50.5 Å². The van der Waals surface area contributed by atoms with E-state index in [0.29, 0.717) is 30.1 Å². The van der Waals surface area contributed by atoms with E-state index in [1.165, 1.54) is 0 Å². The highest BCUT2D eigenvalue weighted by Gasteiger charge is 2.26. The monoisotopic (exact) mass is 466 g/mol. The van der Waals surface area contributed by atoms with Crippen LogP contribution in [-0.4, -0.2) is 65.1 Å². The Morgan fingerprint density at radius 3 is 2.68 bits per heavy atom. The lowest BCUT2D eigenvalue weighted by Crippen LogP contribution is -2.39. The molecule has 2 aliphatic rings. The molecule has 0 bridgehead atoms. The summed E-state index contributed by atoms with van der Waals surface area (Å²) in [6.45, 7) is 8.45. The predicted molar refractivity (Wildman–Crippen MR) is 131 cm³/mol. The fourth-order valence-corrected chi connectivity index (χ4v) is 5.42. The van der Waals surface area contributed by atoms with Crippen LogP contribution in [0.1, 0.15) is 61.0 Å². The lowest BCUT2D eigenvalue weighted by atomic mass is 9.93. The third-order valence-corrected chi connectivity index (χ3v) is 7.45. The molecule has 0 atom stereocenters. The van der Waals surface area contributed by atoms with Crippen molar-refractivity contribution < 1.29 is 14.3 Å². The maximum atomic E-state index is 13.5. The number of nitrogens with one attached hydrogen (secondary N) is 1. The molecule has 0 aliphatic carbocycles. The van der Waals surface area contributed by atoms with Gasteiger partial charge in [-0.1, -0.05) is 0 Å². The third-order valence-electron chi connectivity index (χ3n) is 7.45. The predicted octanol–water partition coefficient (Wildman–Crippen LogP) is 3.82. The van der Waals surface area contributed by atoms with Crippen LogP contribution >= 0.6 is 0 Å². The number of aromatic nitrogens is 3. The first-order chi connectivity index (χ1) is 16.6. The number of aryl methyl sites for hydroxylation is 1. The summed E-state index contributed by atoms with van der Waals surface area (Å²) in [5, 5.41) is 6.03. The lowest BCUT2D eigenvalue weighted by molar-refractivity contribution is 0.0656. The standard InChI is InChI=1S/C26H34N4O4/c1-3-33-11-6-18-4-9-29(10-5-18)26(32)20-15-21-23(14-17(20)2)28-25(31)22-16-27-30(24(21)22)19-7-12-34-13-8-19/h14-16,18-19H,3-13H2,1-2H3,(H,28,31). The van der Waals surface area contributed by atoms with Crippen molar-refractivity contribution in [3.05, 3.63) is 39.8 Å². The first-order valence-electron chi connectivity index (χ1n) is 12.6. The van der Waals surface area contributed by atoms with Crippen LogP contribution in [-0.2, 0) is 9.47 Å². The highest BCUT2D eigenvalue weighted by Crippen LogP contribution is 2.31. The van der Waals surface area contributed by atoms with E-state index in [2.05, 4.69) is 10.1 Å². The molecule has 0 unspecified atom stereocenters. The largest absolute Gasteiger partial charge is 0.382 e. The molecule has 2 aliphatic heterocycles. The molecule has 4 heterocycles. The first-order valence-corrected chi connectivity index (χ1v) is 12.6. The van der Waals surface area contributed by atoms with Crippen molar-refractivity contribution in [3.63, 3.8) is 0 Å². The Bertz CT molecular complexity index is 1230. The van der Waals surface area contributed by atoms with E-state index >= 15 is 0 Å². The zero-order valence-corrected chi connectivity index (χ0v) is 20.1. The van der Waals surface area contributed by atoms with Gasteiger partial charge in [0.25, 0.3) is 11.5 Å². The van der Waals surface area contributed by atoms with Crippen molar-refractivity contribution in [3.8, 4) is 0 Å². The van der Waals surface area contributed by atoms with Crippen LogP contribution in [0.5, 0.6) is 0 Å². The van der Waals surface area contributed by atoms with Gasteiger partial charge in [-0.05, 0) is 69.6 Å². The van der Waals surface area contributed by atoms with Crippen LogP contribution < -0.4 is 5.56 Å². The second-order valence-corrected chi connectivity index (χ2v) is 9.58. The summed E-state index contributed by atoms with van der Waals surface area (Å²) in [7, 11) is 0. The van der Waals surface area contributed by atoms with Crippen molar-refractivity contribution in [1.29, 1.82) is 0 Å². The number of nitrogens with zero attached hydrogens (tertiary/aromatic N) is 3. The summed E-state index contributed by atoms with van der Waals surface area (Å²) in [5.41, 5.74) is 2.99. The minimum Gasteiger partial charge on any atom is -0.382 e. The first kappa shape index (κ1) is 23.1. The van der Waals surface area contributed by atoms with Crippen molar-refractivity contribution in [2.45, 2.75) is 52.0 Å². The summed E-state index contributed by atoms with van der Waals surface area (Å²) in [6.07, 6.45) is 6.46. The summed E-state index contributed by atoms with van der Waals surface area (Å²) < 4.78 is 13.0. The fraction of sp³-hybridized carbons (Fsp3) is 0.577. The van der Waals surface area contributed by atoms with Crippen LogP contribution in [0.3, 0.4) is 0 Å². The maximum absolute atomic E-state index is 13.5. The van der Waals surface area contributed by atoms with Crippen LogP contribution in [0.25, 0.3) is 21.8 Å². The second-order valence-electron chi connectivity index (χ2n) is 9.58. The Kier molecular flexibility index (Phi) is 6.70. The summed E-state index contributed by atoms with van der Waals surface area (Å²) >= 11 is 0. The zero-order chi connectivity index (χ0) is 23.7. The normalized spacial score (nSPS) is 18.2. The van der Waals surface area contributed by atoms with Gasteiger partial charge in [-0.15, -0.1) is 0 Å². The van der Waals surface area contributed by atoms with Gasteiger partial charge in [0.15, 0.2) is 0 Å². The molecule has 3 aromatic rings. The van der Waals surface area contributed by atoms with Gasteiger partial charge in [0.2, 0.25) is 0 Å². The van der Waals surface area contributed by atoms with Crippen molar-refractivity contribution in [2.24, 2.45) is 5.92 Å². The number of hydrogen-bond donors (Lipinski definition) is 1. The number of carbonyl (C=O) groups is 1. The van der Waals surface area contributed by atoms with E-state index in [-0.39, 0.29) is 17.5 Å². The van der Waals surface area contributed by atoms with Gasteiger partial charge in [-0.25, -0.2) is 0 Å². The average molecular weight is 467 g/mol. The van der Waals surface area contributed by atoms with Gasteiger partial charge in [0.05, 0.1) is 28.7 Å². The van der Waals surface area contributed by atoms with E-state index in [1.54, 1.807) is 6.20 Å². The van der Waals surface area contributed by atoms with Crippen LogP contribution in [0.2, 0.25) is 0 Å². The van der Waals surface area contributed by atoms with Crippen molar-refractivity contribution in [2.75, 3.05) is 39.5 Å². The topological polar surface area (TPSA) is 89.5 Å². The highest BCUT2D eigenvalue weighted by atomic mass is 16.5. The lowest BCUT2D eigenvalue weighted by Gasteiger charge is -2.32. The summed E-state index contributed by atoms with van der Waals surface area (Å²) in [4.78, 5) is 31.3. The van der Waals surface area contributed by atoms with E-state index in [4.69, 9.17) is 9.47 Å². The molecule has 0 saturated carbocycles. The SMILES string of the molecule is CCOCCC1CCN(C(=O)c2cc3c(cc2C)[nH]c(=O)c2cnn(C4CCOCC4)c23)CC1. The van der Waals surface area contributed by atoms with Gasteiger partial charge in [-0.3, -0.25) is 14.3 Å². The minimum atomic E-state index is -0.145. The summed E-state index contributed by atoms with van der Waals surface area (Å²) in [6, 6.07) is 4.08. The molecular weight excluding hydrogens is 432 g/mol. The number of likely N-dealkylation sites (tertiary alicyclic amines) is 1. The summed E-state index contributed by atoms with van der Waals surface area (Å²) in [5.74, 6) is 0.686. The van der Waals surface area contributed by atoms with Gasteiger partial charge >= 0.3 is 0 Å². The minimum absolute atomic E-state index is 0.0686. The number of pyridine rings is 1. The molecule has 2 saturated heterocycles. The highest BCUT2D eigenvalue weighted by molar-refractivity contribution is 6.07. The molecule has 2 fully saturated rings. The Labute approximate surface area is 199 Å². The van der Waals surface area contributed by atoms with Crippen LogP contribution in [0.15, 0.2) is 23.1 Å². The van der Waals surface area contributed by atoms with Gasteiger partial charge in [-0.2, -0.15) is 5.10 Å². The van der Waals surface area contributed by atoms with Gasteiger partial charge in [0.1, 0.15) is 0 Å². The zero-order valence-electron chi connectivity index (χ0n) is 20.1. The number of fused-ring (bicyclic) bond motifs is 3. The molecule has 182 valence electrons. The molecule has 1 N–H and O–H groups in total. The molecule has 2 aromatic heterocycles. The number of H-pyrrole nitrogens is 1. The number of carbonyl (C=O) groups excluding carboxylic acids is 1. The molecule has 34 heavy (non-hydrogen) atoms. The fourth-order valence-electron chi connectivity index (χ4n) is 5.42. The molecule has 8 nitrogen and oxygen atoms in total. The Morgan fingerprint density at radius 1 is 1.18 bits per heavy atom. The molecule has 0 radical (unpaired) electrons. The number of piperidine rings is 1. The Hall–Kier alpha value is -2.71. The molecule has 0 spiro atoms. The van der Waals surface area contributed by atoms with E-state index in [1.807, 2.05) is 35.6 Å². The molecule has 5 rings (SSSR count). The second kappa shape index (κ2) is 9.88. The molecule has 8 heteroatoms. The number of benzene rings is 1. The number of hydrogen-bond acceptors (Lipinski definition) is 5. The van der Waals surface area contributed by atoms with Crippen molar-refractivity contribution in [1.82, 2.24) is 19.7 Å². The Morgan fingerprint density at radius 2 is 1.94 bits per heavy atom. The number of ether oxygens (including phenoxy) is 2. The smallest absolute Gasteiger partial charge is 0.259 e. The van der Waals surface area contributed by atoms with Crippen LogP contribution in [0, 0.1) is 12.8 Å². The van der Waals surface area contributed by atoms with Crippen molar-refractivity contribution >= 4 is 27.7 Å². The average Bonchev–Trinajstić information content (AvgIpc) is 3.31. The molecule has 1 aromatic carbocycles. The van der Waals surface area contributed by atoms with E-state index in [0.717, 1.165) is 80.4 Å². The molecule has 1 amide bonds. The Balaban J connectivity index is 1.46. The number of aromatic amines is 1. The molecular formula is C26H34N4O4. The number of rotatable bonds is 6. The van der Waals surface area contributed by atoms with Gasteiger partial charge < -0.3 is 19.4 Å². The number of amides is 1. The quantitative estimate of drug-likeness (QED) is 0.558. The maximum Gasteiger partial charge on any atom is 0.259 e. The van der Waals surface area contributed by atoms with Crippen LogP contribution in [0.4, 0.5) is 0 Å².